The molecule has 1 aliphatic heterocycles. The number of aromatic hydroxyl groups is 1. The molecule has 2 N–H and O–H groups in total. The molecule has 0 amide bonds. The molecule has 0 aromatic heterocycles. The first-order chi connectivity index (χ1) is 12.3. The Morgan fingerprint density at radius 3 is 2.65 bits per heavy atom. The van der Waals surface area contributed by atoms with Gasteiger partial charge in [-0.05, 0) is 25.3 Å². The maximum Gasteiger partial charge on any atom is 0.440 e. The van der Waals surface area contributed by atoms with Crippen molar-refractivity contribution in [3.05, 3.63) is 42.0 Å². The highest BCUT2D eigenvalue weighted by molar-refractivity contribution is 5.66. The largest absolute Gasteiger partial charge is 0.508 e. The van der Waals surface area contributed by atoms with Crippen molar-refractivity contribution in [1.29, 1.82) is 0 Å². The maximum atomic E-state index is 12.9. The third kappa shape index (κ3) is 5.74. The predicted molar refractivity (Wildman–Crippen MR) is 86.5 cm³/mol. The molecule has 2 rings (SSSR count). The number of alkyl halides is 3. The minimum absolute atomic E-state index is 0.0633. The molecule has 0 bridgehead atoms. The lowest BCUT2D eigenvalue weighted by Crippen LogP contribution is -2.43. The second kappa shape index (κ2) is 9.05. The molecule has 3 atom stereocenters. The first-order valence-corrected chi connectivity index (χ1v) is 8.27. The van der Waals surface area contributed by atoms with Gasteiger partial charge >= 0.3 is 12.1 Å². The van der Waals surface area contributed by atoms with Gasteiger partial charge < -0.3 is 19.7 Å². The molecule has 8 heteroatoms. The molecular weight excluding hydrogens is 353 g/mol. The minimum atomic E-state index is -4.65. The van der Waals surface area contributed by atoms with Crippen LogP contribution >= 0.6 is 0 Å². The van der Waals surface area contributed by atoms with E-state index >= 15 is 0 Å². The van der Waals surface area contributed by atoms with Crippen LogP contribution in [-0.2, 0) is 14.3 Å². The summed E-state index contributed by atoms with van der Waals surface area (Å²) in [5.41, 5.74) is 0.286. The first kappa shape index (κ1) is 20.3. The summed E-state index contributed by atoms with van der Waals surface area (Å²) in [6, 6.07) is 6.13. The van der Waals surface area contributed by atoms with Crippen molar-refractivity contribution in [3.8, 4) is 5.75 Å². The number of allylic oxidation sites excluding steroid dienone is 2. The van der Waals surface area contributed by atoms with Gasteiger partial charge in [-0.15, -0.1) is 0 Å². The quantitative estimate of drug-likeness (QED) is 0.553. The molecule has 0 aliphatic carbocycles. The number of phenols is 1. The second-order valence-corrected chi connectivity index (χ2v) is 6.08. The van der Waals surface area contributed by atoms with E-state index in [-0.39, 0.29) is 24.3 Å². The highest BCUT2D eigenvalue weighted by Gasteiger charge is 2.48. The minimum Gasteiger partial charge on any atom is -0.508 e. The number of unbranched alkanes of at least 4 members (excludes halogenated alkanes) is 1. The van der Waals surface area contributed by atoms with Crippen LogP contribution in [0.4, 0.5) is 13.2 Å². The van der Waals surface area contributed by atoms with Gasteiger partial charge in [0.1, 0.15) is 5.75 Å². The molecule has 1 heterocycles. The van der Waals surface area contributed by atoms with Crippen LogP contribution in [0.5, 0.6) is 5.75 Å². The number of hydrogen-bond donors (Lipinski definition) is 2. The number of carbonyl (C=O) groups is 1. The van der Waals surface area contributed by atoms with Crippen molar-refractivity contribution < 1.29 is 37.7 Å². The lowest BCUT2D eigenvalue weighted by atomic mass is 9.91. The Kier molecular flexibility index (Phi) is 7.05. The zero-order chi connectivity index (χ0) is 19.2. The summed E-state index contributed by atoms with van der Waals surface area (Å²) in [6.45, 7) is -0.164. The Bertz CT molecular complexity index is 629. The highest BCUT2D eigenvalue weighted by atomic mass is 19.4. The smallest absolute Gasteiger partial charge is 0.440 e. The second-order valence-electron chi connectivity index (χ2n) is 6.08. The third-order valence-electron chi connectivity index (χ3n) is 4.04. The van der Waals surface area contributed by atoms with Gasteiger partial charge in [0.15, 0.2) is 0 Å². The Balaban J connectivity index is 2.05. The highest BCUT2D eigenvalue weighted by Crippen LogP contribution is 2.41. The van der Waals surface area contributed by atoms with Crippen LogP contribution in [0.25, 0.3) is 0 Å². The SMILES string of the molecule is O=C(O)CCC/C=C/C[C@@H]1CO[C@H](C(F)(F)F)O[C@@H]1c1ccccc1O. The number of ether oxygens (including phenoxy) is 2. The van der Waals surface area contributed by atoms with Gasteiger partial charge in [-0.2, -0.15) is 13.2 Å². The van der Waals surface area contributed by atoms with E-state index < -0.39 is 30.5 Å². The van der Waals surface area contributed by atoms with Crippen LogP contribution in [0.2, 0.25) is 0 Å². The molecule has 144 valence electrons. The Labute approximate surface area is 149 Å². The molecule has 0 unspecified atom stereocenters. The van der Waals surface area contributed by atoms with Crippen molar-refractivity contribution in [2.75, 3.05) is 6.61 Å². The fourth-order valence-corrected chi connectivity index (χ4v) is 2.76. The summed E-state index contributed by atoms with van der Waals surface area (Å²) in [5.74, 6) is -1.40. The van der Waals surface area contributed by atoms with Crippen LogP contribution in [0.1, 0.15) is 37.4 Å². The molecule has 26 heavy (non-hydrogen) atoms. The number of rotatable bonds is 7. The van der Waals surface area contributed by atoms with Gasteiger partial charge in [0.25, 0.3) is 6.29 Å². The average molecular weight is 374 g/mol. The van der Waals surface area contributed by atoms with Crippen LogP contribution < -0.4 is 0 Å². The first-order valence-electron chi connectivity index (χ1n) is 8.27. The number of halogens is 3. The Morgan fingerprint density at radius 2 is 2.00 bits per heavy atom. The Morgan fingerprint density at radius 1 is 1.27 bits per heavy atom. The van der Waals surface area contributed by atoms with Crippen molar-refractivity contribution in [2.45, 2.75) is 44.3 Å². The van der Waals surface area contributed by atoms with Gasteiger partial charge in [-0.25, -0.2) is 0 Å². The number of aliphatic carboxylic acids is 1. The predicted octanol–water partition coefficient (Wildman–Crippen LogP) is 4.19. The van der Waals surface area contributed by atoms with Gasteiger partial charge in [-0.3, -0.25) is 4.79 Å². The van der Waals surface area contributed by atoms with Crippen LogP contribution in [0.3, 0.4) is 0 Å². The summed E-state index contributed by atoms with van der Waals surface area (Å²) in [7, 11) is 0. The standard InChI is InChI=1S/C18H21F3O5/c19-18(20,21)17-25-11-12(7-3-1-2-4-10-15(23)24)16(26-17)13-8-5-6-9-14(13)22/h1,3,5-6,8-9,12,16-17,22H,2,4,7,10-11H2,(H,23,24)/b3-1+/t12-,16+,17+/m1/s1. The topological polar surface area (TPSA) is 76.0 Å². The molecule has 0 spiro atoms. The lowest BCUT2D eigenvalue weighted by Gasteiger charge is -2.37. The summed E-state index contributed by atoms with van der Waals surface area (Å²) >= 11 is 0. The summed E-state index contributed by atoms with van der Waals surface area (Å²) in [4.78, 5) is 10.5. The number of carboxylic acids is 1. The number of hydrogen-bond acceptors (Lipinski definition) is 4. The van der Waals surface area contributed by atoms with Gasteiger partial charge in [0, 0.05) is 17.9 Å². The number of para-hydroxylation sites is 1. The monoisotopic (exact) mass is 374 g/mol. The van der Waals surface area contributed by atoms with E-state index in [4.69, 9.17) is 14.6 Å². The van der Waals surface area contributed by atoms with Crippen molar-refractivity contribution in [3.63, 3.8) is 0 Å². The van der Waals surface area contributed by atoms with Crippen LogP contribution in [-0.4, -0.2) is 35.3 Å². The van der Waals surface area contributed by atoms with E-state index in [1.165, 1.54) is 12.1 Å². The molecule has 1 fully saturated rings. The summed E-state index contributed by atoms with van der Waals surface area (Å²) < 4.78 is 48.8. The van der Waals surface area contributed by atoms with Crippen LogP contribution in [0, 0.1) is 5.92 Å². The van der Waals surface area contributed by atoms with E-state index in [1.54, 1.807) is 24.3 Å². The molecule has 1 saturated heterocycles. The fourth-order valence-electron chi connectivity index (χ4n) is 2.76. The van der Waals surface area contributed by atoms with Crippen molar-refractivity contribution >= 4 is 5.97 Å². The maximum absolute atomic E-state index is 12.9. The molecule has 1 aliphatic rings. The summed E-state index contributed by atoms with van der Waals surface area (Å²) in [5, 5.41) is 18.6. The van der Waals surface area contributed by atoms with Gasteiger partial charge in [-0.1, -0.05) is 30.4 Å². The van der Waals surface area contributed by atoms with Crippen LogP contribution in [0.15, 0.2) is 36.4 Å². The average Bonchev–Trinajstić information content (AvgIpc) is 2.57. The lowest BCUT2D eigenvalue weighted by molar-refractivity contribution is -0.353. The van der Waals surface area contributed by atoms with Crippen molar-refractivity contribution in [1.82, 2.24) is 0 Å². The van der Waals surface area contributed by atoms with Gasteiger partial charge in [0.2, 0.25) is 0 Å². The van der Waals surface area contributed by atoms with E-state index in [9.17, 15) is 23.1 Å². The van der Waals surface area contributed by atoms with Gasteiger partial charge in [0.05, 0.1) is 12.7 Å². The molecular formula is C18H21F3O5. The number of carboxylic acid groups (broad SMARTS) is 1. The number of phenolic OH excluding ortho intramolecular Hbond substituents is 1. The Hall–Kier alpha value is -2.06. The fraction of sp³-hybridized carbons (Fsp3) is 0.500. The van der Waals surface area contributed by atoms with E-state index in [1.807, 2.05) is 0 Å². The molecule has 1 aromatic carbocycles. The normalized spacial score (nSPS) is 24.0. The summed E-state index contributed by atoms with van der Waals surface area (Å²) in [6.07, 6.45) is -2.87. The zero-order valence-electron chi connectivity index (χ0n) is 14.0. The zero-order valence-corrected chi connectivity index (χ0v) is 14.0. The van der Waals surface area contributed by atoms with E-state index in [0.29, 0.717) is 19.3 Å². The van der Waals surface area contributed by atoms with E-state index in [2.05, 4.69) is 0 Å². The molecule has 1 aromatic rings. The molecule has 0 saturated carbocycles. The van der Waals surface area contributed by atoms with E-state index in [0.717, 1.165) is 0 Å². The third-order valence-corrected chi connectivity index (χ3v) is 4.04. The number of benzene rings is 1. The molecule has 5 nitrogen and oxygen atoms in total. The molecule has 0 radical (unpaired) electrons. The van der Waals surface area contributed by atoms with Crippen molar-refractivity contribution in [2.24, 2.45) is 5.92 Å².